The van der Waals surface area contributed by atoms with E-state index in [1.54, 1.807) is 35.0 Å². The fraction of sp³-hybridized carbons (Fsp3) is 0.556. The number of hydrogen-bond donors (Lipinski definition) is 1. The predicted molar refractivity (Wildman–Crippen MR) is 139 cm³/mol. The van der Waals surface area contributed by atoms with Crippen molar-refractivity contribution in [3.63, 3.8) is 0 Å². The second kappa shape index (κ2) is 11.7. The van der Waals surface area contributed by atoms with Gasteiger partial charge in [-0.05, 0) is 31.9 Å². The van der Waals surface area contributed by atoms with Gasteiger partial charge < -0.3 is 20.0 Å². The summed E-state index contributed by atoms with van der Waals surface area (Å²) < 4.78 is 15.7. The van der Waals surface area contributed by atoms with Crippen molar-refractivity contribution in [3.05, 3.63) is 47.5 Å². The highest BCUT2D eigenvalue weighted by atomic mass is 19.1. The number of rotatable bonds is 8. The van der Waals surface area contributed by atoms with Crippen LogP contribution in [0.4, 0.5) is 10.1 Å². The molecule has 2 aromatic rings. The van der Waals surface area contributed by atoms with Gasteiger partial charge in [0.1, 0.15) is 11.5 Å². The molecular formula is C27H37FN6O3. The first-order valence-electron chi connectivity index (χ1n) is 13.2. The number of nitrogens with one attached hydrogen (secondary N) is 1. The van der Waals surface area contributed by atoms with Crippen molar-refractivity contribution in [3.8, 4) is 0 Å². The van der Waals surface area contributed by atoms with Crippen LogP contribution in [-0.2, 0) is 11.3 Å². The molecule has 0 bridgehead atoms. The van der Waals surface area contributed by atoms with Gasteiger partial charge in [0, 0.05) is 51.9 Å². The number of carbonyl (C=O) groups excluding carboxylic acids is 3. The Hall–Kier alpha value is -3.43. The van der Waals surface area contributed by atoms with Crippen LogP contribution < -0.4 is 10.2 Å². The number of anilines is 1. The van der Waals surface area contributed by atoms with Gasteiger partial charge in [0.05, 0.1) is 18.2 Å². The highest BCUT2D eigenvalue weighted by Gasteiger charge is 2.29. The highest BCUT2D eigenvalue weighted by Crippen LogP contribution is 2.22. The van der Waals surface area contributed by atoms with Crippen molar-refractivity contribution in [1.29, 1.82) is 0 Å². The molecule has 1 aliphatic carbocycles. The maximum absolute atomic E-state index is 14.2. The molecule has 1 aromatic heterocycles. The van der Waals surface area contributed by atoms with Gasteiger partial charge in [-0.3, -0.25) is 19.1 Å². The van der Waals surface area contributed by atoms with E-state index in [-0.39, 0.29) is 41.8 Å². The molecule has 4 rings (SSSR count). The van der Waals surface area contributed by atoms with E-state index >= 15 is 0 Å². The van der Waals surface area contributed by atoms with Gasteiger partial charge in [-0.15, -0.1) is 0 Å². The van der Waals surface area contributed by atoms with Crippen molar-refractivity contribution in [2.24, 2.45) is 5.92 Å². The first kappa shape index (κ1) is 26.6. The second-order valence-electron chi connectivity index (χ2n) is 10.0. The Morgan fingerprint density at radius 3 is 2.46 bits per heavy atom. The van der Waals surface area contributed by atoms with Crippen LogP contribution in [0.2, 0.25) is 0 Å². The van der Waals surface area contributed by atoms with Crippen molar-refractivity contribution in [2.75, 3.05) is 44.7 Å². The molecule has 37 heavy (non-hydrogen) atoms. The molecule has 1 saturated carbocycles. The number of amides is 3. The largest absolute Gasteiger partial charge is 0.366 e. The molecule has 10 heteroatoms. The summed E-state index contributed by atoms with van der Waals surface area (Å²) in [5.41, 5.74) is 0.994. The minimum Gasteiger partial charge on any atom is -0.366 e. The lowest BCUT2D eigenvalue weighted by Gasteiger charge is -2.35. The van der Waals surface area contributed by atoms with E-state index in [4.69, 9.17) is 0 Å². The number of piperazine rings is 1. The van der Waals surface area contributed by atoms with Crippen LogP contribution >= 0.6 is 0 Å². The maximum atomic E-state index is 14.2. The minimum atomic E-state index is -0.411. The third-order valence-electron chi connectivity index (χ3n) is 7.40. The van der Waals surface area contributed by atoms with E-state index in [0.717, 1.165) is 25.7 Å². The molecular weight excluding hydrogens is 475 g/mol. The summed E-state index contributed by atoms with van der Waals surface area (Å²) in [5.74, 6) is -1.28. The highest BCUT2D eigenvalue weighted by molar-refractivity contribution is 5.98. The van der Waals surface area contributed by atoms with Gasteiger partial charge in [0.2, 0.25) is 5.91 Å². The van der Waals surface area contributed by atoms with Crippen molar-refractivity contribution < 1.29 is 18.8 Å². The smallest absolute Gasteiger partial charge is 0.274 e. The lowest BCUT2D eigenvalue weighted by atomic mass is 10.1. The van der Waals surface area contributed by atoms with Crippen LogP contribution in [0.15, 0.2) is 30.3 Å². The van der Waals surface area contributed by atoms with E-state index in [0.29, 0.717) is 44.1 Å². The van der Waals surface area contributed by atoms with E-state index in [2.05, 4.69) is 10.4 Å². The van der Waals surface area contributed by atoms with E-state index in [9.17, 15) is 18.8 Å². The van der Waals surface area contributed by atoms with Crippen molar-refractivity contribution in [2.45, 2.75) is 52.1 Å². The van der Waals surface area contributed by atoms with Gasteiger partial charge in [-0.1, -0.05) is 31.9 Å². The Morgan fingerprint density at radius 1 is 1.14 bits per heavy atom. The van der Waals surface area contributed by atoms with Crippen molar-refractivity contribution in [1.82, 2.24) is 24.9 Å². The molecule has 1 saturated heterocycles. The average Bonchev–Trinajstić information content (AvgIpc) is 3.58. The van der Waals surface area contributed by atoms with Crippen LogP contribution in [0, 0.1) is 11.7 Å². The fourth-order valence-corrected chi connectivity index (χ4v) is 4.95. The molecule has 0 radical (unpaired) electrons. The zero-order valence-electron chi connectivity index (χ0n) is 22.0. The Balaban J connectivity index is 1.47. The van der Waals surface area contributed by atoms with Crippen LogP contribution in [0.1, 0.15) is 60.5 Å². The first-order chi connectivity index (χ1) is 17.8. The van der Waals surface area contributed by atoms with Gasteiger partial charge in [0.25, 0.3) is 11.8 Å². The Labute approximate surface area is 217 Å². The number of benzene rings is 1. The average molecular weight is 513 g/mol. The topological polar surface area (TPSA) is 90.8 Å². The molecule has 9 nitrogen and oxygen atoms in total. The summed E-state index contributed by atoms with van der Waals surface area (Å²) in [5, 5.41) is 7.60. The van der Waals surface area contributed by atoms with Crippen LogP contribution in [0.3, 0.4) is 0 Å². The Morgan fingerprint density at radius 2 is 1.81 bits per heavy atom. The van der Waals surface area contributed by atoms with Gasteiger partial charge in [-0.25, -0.2) is 4.39 Å². The quantitative estimate of drug-likeness (QED) is 0.588. The summed E-state index contributed by atoms with van der Waals surface area (Å²) in [7, 11) is 1.69. The molecule has 2 aliphatic rings. The number of hydrogen-bond acceptors (Lipinski definition) is 5. The molecule has 1 aromatic carbocycles. The molecule has 2 heterocycles. The number of halogens is 1. The molecule has 0 spiro atoms. The molecule has 1 aliphatic heterocycles. The third-order valence-corrected chi connectivity index (χ3v) is 7.40. The Bertz CT molecular complexity index is 1120. The van der Waals surface area contributed by atoms with Crippen LogP contribution in [0.25, 0.3) is 0 Å². The number of nitrogens with zero attached hydrogens (tertiary/aromatic N) is 5. The zero-order valence-corrected chi connectivity index (χ0v) is 22.0. The lowest BCUT2D eigenvalue weighted by Crippen LogP contribution is -2.49. The van der Waals surface area contributed by atoms with Crippen molar-refractivity contribution >= 4 is 23.4 Å². The summed E-state index contributed by atoms with van der Waals surface area (Å²) in [6.07, 6.45) is 4.24. The fourth-order valence-electron chi connectivity index (χ4n) is 4.95. The van der Waals surface area contributed by atoms with E-state index in [1.807, 2.05) is 18.7 Å². The van der Waals surface area contributed by atoms with E-state index in [1.165, 1.54) is 16.8 Å². The summed E-state index contributed by atoms with van der Waals surface area (Å²) >= 11 is 0. The Kier molecular flexibility index (Phi) is 8.45. The van der Waals surface area contributed by atoms with Gasteiger partial charge >= 0.3 is 0 Å². The standard InChI is InChI=1S/C27H37FN6O3/c1-4-31(3)27(37)24-17-22(30-34(24)18-19(2)25(35)29-20-9-5-6-10-20)26(36)33-15-13-32(14-16-33)23-12-8-7-11-21(23)28/h7-8,11-12,17,19-20H,4-6,9-10,13-16,18H2,1-3H3,(H,29,35). The monoisotopic (exact) mass is 512 g/mol. The molecule has 200 valence electrons. The SMILES string of the molecule is CCN(C)C(=O)c1cc(C(=O)N2CCN(c3ccccc3F)CC2)nn1CC(C)C(=O)NC1CCCC1. The predicted octanol–water partition coefficient (Wildman–Crippen LogP) is 2.77. The summed E-state index contributed by atoms with van der Waals surface area (Å²) in [6, 6.07) is 8.36. The molecule has 1 N–H and O–H groups in total. The van der Waals surface area contributed by atoms with Gasteiger partial charge in [-0.2, -0.15) is 5.10 Å². The zero-order chi connectivity index (χ0) is 26.5. The minimum absolute atomic E-state index is 0.0678. The number of carbonyl (C=O) groups is 3. The normalized spacial score (nSPS) is 17.1. The summed E-state index contributed by atoms with van der Waals surface area (Å²) in [4.78, 5) is 44.3. The second-order valence-corrected chi connectivity index (χ2v) is 10.0. The number of aromatic nitrogens is 2. The van der Waals surface area contributed by atoms with Crippen LogP contribution in [0.5, 0.6) is 0 Å². The van der Waals surface area contributed by atoms with Gasteiger partial charge in [0.15, 0.2) is 5.69 Å². The number of para-hydroxylation sites is 1. The summed E-state index contributed by atoms with van der Waals surface area (Å²) in [6.45, 7) is 6.21. The third kappa shape index (κ3) is 6.11. The molecule has 1 unspecified atom stereocenters. The molecule has 3 amide bonds. The first-order valence-corrected chi connectivity index (χ1v) is 13.2. The maximum Gasteiger partial charge on any atom is 0.274 e. The molecule has 1 atom stereocenters. The van der Waals surface area contributed by atoms with Crippen LogP contribution in [-0.4, -0.2) is 83.1 Å². The molecule has 2 fully saturated rings. The van der Waals surface area contributed by atoms with E-state index < -0.39 is 5.92 Å². The lowest BCUT2D eigenvalue weighted by molar-refractivity contribution is -0.125.